The molecule has 3 aliphatic rings. The Kier molecular flexibility index (Phi) is 5.36. The number of ether oxygens (including phenoxy) is 1. The predicted molar refractivity (Wildman–Crippen MR) is 87.9 cm³/mol. The highest BCUT2D eigenvalue weighted by atomic mass is 16.5. The van der Waals surface area contributed by atoms with Crippen LogP contribution in [0.3, 0.4) is 0 Å². The van der Waals surface area contributed by atoms with Crippen molar-refractivity contribution >= 4 is 11.8 Å². The number of carbonyl (C=O) groups is 2. The summed E-state index contributed by atoms with van der Waals surface area (Å²) in [6, 6.07) is 0.218. The standard InChI is InChI=1S/C18H28N2O3/c1-23-12-11-20-16-8-4-3-7-14(16)15(18(20)22)13-17(21)19-9-5-2-6-10-19/h16H,2-13H2,1H3. The fourth-order valence-corrected chi connectivity index (χ4v) is 4.18. The molecule has 1 saturated heterocycles. The summed E-state index contributed by atoms with van der Waals surface area (Å²) >= 11 is 0. The molecule has 0 bridgehead atoms. The van der Waals surface area contributed by atoms with E-state index in [1.54, 1.807) is 7.11 Å². The molecule has 1 atom stereocenters. The average Bonchev–Trinajstić information content (AvgIpc) is 2.86. The lowest BCUT2D eigenvalue weighted by Crippen LogP contribution is -2.39. The van der Waals surface area contributed by atoms with Gasteiger partial charge in [0.2, 0.25) is 5.91 Å². The normalized spacial score (nSPS) is 25.1. The van der Waals surface area contributed by atoms with Crippen molar-refractivity contribution in [1.82, 2.24) is 9.80 Å². The first-order valence-electron chi connectivity index (χ1n) is 9.02. The van der Waals surface area contributed by atoms with Crippen molar-refractivity contribution in [3.8, 4) is 0 Å². The Morgan fingerprint density at radius 3 is 2.70 bits per heavy atom. The molecular formula is C18H28N2O3. The largest absolute Gasteiger partial charge is 0.383 e. The highest BCUT2D eigenvalue weighted by Gasteiger charge is 2.40. The van der Waals surface area contributed by atoms with Crippen LogP contribution in [0.25, 0.3) is 0 Å². The Morgan fingerprint density at radius 1 is 1.17 bits per heavy atom. The zero-order chi connectivity index (χ0) is 16.2. The molecule has 5 nitrogen and oxygen atoms in total. The first-order chi connectivity index (χ1) is 11.2. The molecular weight excluding hydrogens is 292 g/mol. The van der Waals surface area contributed by atoms with Gasteiger partial charge in [0.05, 0.1) is 19.1 Å². The van der Waals surface area contributed by atoms with E-state index in [1.807, 2.05) is 9.80 Å². The number of likely N-dealkylation sites (tertiary alicyclic amines) is 1. The third kappa shape index (κ3) is 3.44. The Labute approximate surface area is 138 Å². The third-order valence-corrected chi connectivity index (χ3v) is 5.43. The number of hydrogen-bond donors (Lipinski definition) is 0. The van der Waals surface area contributed by atoms with Crippen LogP contribution in [0.15, 0.2) is 11.1 Å². The first kappa shape index (κ1) is 16.5. The van der Waals surface area contributed by atoms with Gasteiger partial charge in [0.15, 0.2) is 0 Å². The molecule has 5 heteroatoms. The summed E-state index contributed by atoms with van der Waals surface area (Å²) in [5.41, 5.74) is 2.03. The maximum atomic E-state index is 12.8. The van der Waals surface area contributed by atoms with Crippen molar-refractivity contribution in [3.63, 3.8) is 0 Å². The second-order valence-corrected chi connectivity index (χ2v) is 6.87. The van der Waals surface area contributed by atoms with Crippen LogP contribution in [-0.2, 0) is 14.3 Å². The lowest BCUT2D eigenvalue weighted by Gasteiger charge is -2.29. The van der Waals surface area contributed by atoms with Crippen LogP contribution in [0.5, 0.6) is 0 Å². The van der Waals surface area contributed by atoms with Gasteiger partial charge in [-0.15, -0.1) is 0 Å². The molecule has 1 unspecified atom stereocenters. The Balaban J connectivity index is 1.73. The fraction of sp³-hybridized carbons (Fsp3) is 0.778. The number of nitrogens with zero attached hydrogens (tertiary/aromatic N) is 2. The van der Waals surface area contributed by atoms with Crippen molar-refractivity contribution in [1.29, 1.82) is 0 Å². The van der Waals surface area contributed by atoms with Crippen LogP contribution in [0, 0.1) is 0 Å². The van der Waals surface area contributed by atoms with Gasteiger partial charge in [-0.25, -0.2) is 0 Å². The Bertz CT molecular complexity index is 494. The number of fused-ring (bicyclic) bond motifs is 1. The summed E-state index contributed by atoms with van der Waals surface area (Å²) in [6.45, 7) is 2.90. The van der Waals surface area contributed by atoms with Crippen LogP contribution in [-0.4, -0.2) is 61.0 Å². The lowest BCUT2D eigenvalue weighted by molar-refractivity contribution is -0.134. The Hall–Kier alpha value is -1.36. The molecule has 23 heavy (non-hydrogen) atoms. The molecule has 2 fully saturated rings. The van der Waals surface area contributed by atoms with E-state index in [0.29, 0.717) is 19.6 Å². The van der Waals surface area contributed by atoms with Gasteiger partial charge in [-0.1, -0.05) is 6.42 Å². The molecule has 0 radical (unpaired) electrons. The second kappa shape index (κ2) is 7.47. The number of carbonyl (C=O) groups excluding carboxylic acids is 2. The van der Waals surface area contributed by atoms with Crippen LogP contribution < -0.4 is 0 Å². The van der Waals surface area contributed by atoms with E-state index in [1.165, 1.54) is 12.0 Å². The van der Waals surface area contributed by atoms with E-state index < -0.39 is 0 Å². The zero-order valence-corrected chi connectivity index (χ0v) is 14.2. The SMILES string of the molecule is COCCN1C(=O)C(CC(=O)N2CCCCC2)=C2CCCCC21. The van der Waals surface area contributed by atoms with Gasteiger partial charge in [0.1, 0.15) is 0 Å². The quantitative estimate of drug-likeness (QED) is 0.779. The van der Waals surface area contributed by atoms with Crippen molar-refractivity contribution in [2.75, 3.05) is 33.4 Å². The smallest absolute Gasteiger partial charge is 0.250 e. The van der Waals surface area contributed by atoms with Gasteiger partial charge in [0, 0.05) is 32.3 Å². The summed E-state index contributed by atoms with van der Waals surface area (Å²) in [7, 11) is 1.66. The molecule has 2 heterocycles. The van der Waals surface area contributed by atoms with E-state index in [4.69, 9.17) is 4.74 Å². The maximum Gasteiger partial charge on any atom is 0.250 e. The molecule has 128 valence electrons. The Morgan fingerprint density at radius 2 is 1.96 bits per heavy atom. The van der Waals surface area contributed by atoms with Crippen LogP contribution in [0.2, 0.25) is 0 Å². The summed E-state index contributed by atoms with van der Waals surface area (Å²) in [5, 5.41) is 0. The van der Waals surface area contributed by atoms with Gasteiger partial charge >= 0.3 is 0 Å². The lowest BCUT2D eigenvalue weighted by atomic mass is 9.88. The minimum atomic E-state index is 0.0781. The van der Waals surface area contributed by atoms with Gasteiger partial charge in [-0.05, 0) is 44.1 Å². The summed E-state index contributed by atoms with van der Waals surface area (Å²) in [5.74, 6) is 0.216. The highest BCUT2D eigenvalue weighted by Crippen LogP contribution is 2.38. The molecule has 0 aromatic heterocycles. The molecule has 0 aromatic carbocycles. The van der Waals surface area contributed by atoms with E-state index in [-0.39, 0.29) is 17.9 Å². The summed E-state index contributed by atoms with van der Waals surface area (Å²) in [6.07, 6.45) is 8.01. The van der Waals surface area contributed by atoms with Crippen LogP contribution in [0.4, 0.5) is 0 Å². The number of rotatable bonds is 5. The van der Waals surface area contributed by atoms with E-state index in [2.05, 4.69) is 0 Å². The molecule has 0 aromatic rings. The van der Waals surface area contributed by atoms with Crippen LogP contribution >= 0.6 is 0 Å². The number of amides is 2. The van der Waals surface area contributed by atoms with Crippen molar-refractivity contribution in [3.05, 3.63) is 11.1 Å². The molecule has 0 spiro atoms. The van der Waals surface area contributed by atoms with Gasteiger partial charge in [-0.3, -0.25) is 9.59 Å². The maximum absolute atomic E-state index is 12.8. The minimum absolute atomic E-state index is 0.0781. The minimum Gasteiger partial charge on any atom is -0.383 e. The second-order valence-electron chi connectivity index (χ2n) is 6.87. The number of piperidine rings is 1. The molecule has 0 N–H and O–H groups in total. The van der Waals surface area contributed by atoms with E-state index in [9.17, 15) is 9.59 Å². The number of hydrogen-bond acceptors (Lipinski definition) is 3. The average molecular weight is 320 g/mol. The monoisotopic (exact) mass is 320 g/mol. The van der Waals surface area contributed by atoms with Gasteiger partial charge < -0.3 is 14.5 Å². The topological polar surface area (TPSA) is 49.9 Å². The highest BCUT2D eigenvalue weighted by molar-refractivity contribution is 6.02. The molecule has 1 aliphatic carbocycles. The predicted octanol–water partition coefficient (Wildman–Crippen LogP) is 2.12. The number of methoxy groups -OCH3 is 1. The molecule has 1 saturated carbocycles. The first-order valence-corrected chi connectivity index (χ1v) is 9.02. The molecule has 3 rings (SSSR count). The zero-order valence-electron chi connectivity index (χ0n) is 14.2. The summed E-state index contributed by atoms with van der Waals surface area (Å²) < 4.78 is 5.16. The van der Waals surface area contributed by atoms with Crippen molar-refractivity contribution < 1.29 is 14.3 Å². The van der Waals surface area contributed by atoms with E-state index >= 15 is 0 Å². The third-order valence-electron chi connectivity index (χ3n) is 5.43. The van der Waals surface area contributed by atoms with Gasteiger partial charge in [-0.2, -0.15) is 0 Å². The molecule has 2 aliphatic heterocycles. The van der Waals surface area contributed by atoms with Crippen molar-refractivity contribution in [2.45, 2.75) is 57.4 Å². The van der Waals surface area contributed by atoms with Crippen LogP contribution in [0.1, 0.15) is 51.4 Å². The van der Waals surface area contributed by atoms with E-state index in [0.717, 1.165) is 57.2 Å². The summed E-state index contributed by atoms with van der Waals surface area (Å²) in [4.78, 5) is 29.3. The molecule has 2 amide bonds. The van der Waals surface area contributed by atoms with Gasteiger partial charge in [0.25, 0.3) is 5.91 Å². The van der Waals surface area contributed by atoms with Crippen molar-refractivity contribution in [2.24, 2.45) is 0 Å². The fourth-order valence-electron chi connectivity index (χ4n) is 4.18.